The summed E-state index contributed by atoms with van der Waals surface area (Å²) in [4.78, 5) is 12.4. The van der Waals surface area contributed by atoms with Gasteiger partial charge in [-0.1, -0.05) is 11.6 Å². The van der Waals surface area contributed by atoms with Gasteiger partial charge in [0.2, 0.25) is 15.9 Å². The van der Waals surface area contributed by atoms with E-state index in [1.807, 2.05) is 0 Å². The molecule has 0 bridgehead atoms. The Bertz CT molecular complexity index is 1010. The van der Waals surface area contributed by atoms with E-state index in [1.54, 1.807) is 12.1 Å². The number of benzene rings is 2. The summed E-state index contributed by atoms with van der Waals surface area (Å²) in [5, 5.41) is 3.10. The molecule has 0 saturated carbocycles. The van der Waals surface area contributed by atoms with Gasteiger partial charge in [0, 0.05) is 13.0 Å². The van der Waals surface area contributed by atoms with Crippen molar-refractivity contribution in [2.24, 2.45) is 0 Å². The minimum absolute atomic E-state index is 0.0395. The number of hydrogen-bond acceptors (Lipinski definition) is 6. The van der Waals surface area contributed by atoms with E-state index in [1.165, 1.54) is 38.3 Å². The van der Waals surface area contributed by atoms with E-state index in [9.17, 15) is 13.2 Å². The number of fused-ring (bicyclic) bond motifs is 1. The summed E-state index contributed by atoms with van der Waals surface area (Å²) in [5.41, 5.74) is 0.711. The largest absolute Gasteiger partial charge is 0.497 e. The fourth-order valence-corrected chi connectivity index (χ4v) is 4.33. The maximum Gasteiger partial charge on any atom is 0.241 e. The molecule has 2 N–H and O–H groups in total. The zero-order chi connectivity index (χ0) is 21.7. The maximum atomic E-state index is 12.5. The Morgan fingerprint density at radius 1 is 1.20 bits per heavy atom. The predicted octanol–water partition coefficient (Wildman–Crippen LogP) is 2.49. The number of halogens is 1. The third-order valence-corrected chi connectivity index (χ3v) is 6.26. The van der Waals surface area contributed by atoms with Crippen LogP contribution in [0.2, 0.25) is 5.02 Å². The predicted molar refractivity (Wildman–Crippen MR) is 112 cm³/mol. The van der Waals surface area contributed by atoms with Crippen LogP contribution in [0.25, 0.3) is 0 Å². The molecule has 0 radical (unpaired) electrons. The molecule has 0 spiro atoms. The number of methoxy groups -OCH3 is 1. The van der Waals surface area contributed by atoms with Gasteiger partial charge in [-0.3, -0.25) is 4.79 Å². The SMILES string of the molecule is COc1ccc(S(=O)(=O)NC(C)C(=O)NCc2cc(Cl)c3c(c2)OCCCO3)cc1. The van der Waals surface area contributed by atoms with E-state index in [4.69, 9.17) is 25.8 Å². The monoisotopic (exact) mass is 454 g/mol. The summed E-state index contributed by atoms with van der Waals surface area (Å²) in [6.45, 7) is 2.67. The van der Waals surface area contributed by atoms with Crippen molar-refractivity contribution >= 4 is 27.5 Å². The molecule has 0 aromatic heterocycles. The molecular weight excluding hydrogens is 432 g/mol. The van der Waals surface area contributed by atoms with Crippen molar-refractivity contribution in [2.75, 3.05) is 20.3 Å². The van der Waals surface area contributed by atoms with Crippen LogP contribution >= 0.6 is 11.6 Å². The first-order valence-corrected chi connectivity index (χ1v) is 11.2. The Morgan fingerprint density at radius 2 is 1.90 bits per heavy atom. The fourth-order valence-electron chi connectivity index (χ4n) is 2.84. The topological polar surface area (TPSA) is 103 Å². The fraction of sp³-hybridized carbons (Fsp3) is 0.350. The van der Waals surface area contributed by atoms with E-state index >= 15 is 0 Å². The lowest BCUT2D eigenvalue weighted by Crippen LogP contribution is -2.44. The second-order valence-electron chi connectivity index (χ2n) is 6.69. The molecule has 8 nitrogen and oxygen atoms in total. The molecular formula is C20H23ClN2O6S. The summed E-state index contributed by atoms with van der Waals surface area (Å²) >= 11 is 6.26. The molecule has 162 valence electrons. The molecule has 1 atom stereocenters. The average Bonchev–Trinajstić information content (AvgIpc) is 2.97. The van der Waals surface area contributed by atoms with E-state index in [2.05, 4.69) is 10.0 Å². The molecule has 2 aromatic rings. The first kappa shape index (κ1) is 22.2. The van der Waals surface area contributed by atoms with E-state index < -0.39 is 22.0 Å². The highest BCUT2D eigenvalue weighted by atomic mass is 35.5. The summed E-state index contributed by atoms with van der Waals surface area (Å²) in [7, 11) is -2.37. The minimum atomic E-state index is -3.86. The summed E-state index contributed by atoms with van der Waals surface area (Å²) in [5.74, 6) is 1.08. The quantitative estimate of drug-likeness (QED) is 0.666. The zero-order valence-electron chi connectivity index (χ0n) is 16.6. The third-order valence-electron chi connectivity index (χ3n) is 4.42. The van der Waals surface area contributed by atoms with Crippen LogP contribution in [0.4, 0.5) is 0 Å². The Hall–Kier alpha value is -2.49. The molecule has 1 amide bonds. The number of carbonyl (C=O) groups is 1. The highest BCUT2D eigenvalue weighted by Crippen LogP contribution is 2.37. The second-order valence-corrected chi connectivity index (χ2v) is 8.81. The van der Waals surface area contributed by atoms with Crippen LogP contribution in [-0.2, 0) is 21.4 Å². The first-order chi connectivity index (χ1) is 14.3. The number of hydrogen-bond donors (Lipinski definition) is 2. The lowest BCUT2D eigenvalue weighted by atomic mass is 10.2. The lowest BCUT2D eigenvalue weighted by Gasteiger charge is -2.16. The van der Waals surface area contributed by atoms with Gasteiger partial charge in [-0.25, -0.2) is 8.42 Å². The van der Waals surface area contributed by atoms with E-state index in [0.29, 0.717) is 41.0 Å². The number of nitrogens with one attached hydrogen (secondary N) is 2. The molecule has 0 saturated heterocycles. The first-order valence-electron chi connectivity index (χ1n) is 9.32. The standard InChI is InChI=1S/C20H23ClN2O6S/c1-13(23-30(25,26)16-6-4-15(27-2)5-7-16)20(24)22-12-14-10-17(21)19-18(11-14)28-8-3-9-29-19/h4-7,10-11,13,23H,3,8-9,12H2,1-2H3,(H,22,24). The van der Waals surface area contributed by atoms with Gasteiger partial charge in [-0.15, -0.1) is 0 Å². The van der Waals surface area contributed by atoms with E-state index in [-0.39, 0.29) is 11.4 Å². The molecule has 1 unspecified atom stereocenters. The number of rotatable bonds is 7. The molecule has 3 rings (SSSR count). The molecule has 0 fully saturated rings. The molecule has 10 heteroatoms. The van der Waals surface area contributed by atoms with Crippen LogP contribution in [0, 0.1) is 0 Å². The Morgan fingerprint density at radius 3 is 2.60 bits per heavy atom. The number of amides is 1. The Labute approximate surface area is 180 Å². The van der Waals surface area contributed by atoms with Crippen molar-refractivity contribution in [3.8, 4) is 17.2 Å². The number of sulfonamides is 1. The van der Waals surface area contributed by atoms with Gasteiger partial charge in [0.15, 0.2) is 11.5 Å². The van der Waals surface area contributed by atoms with Gasteiger partial charge in [0.05, 0.1) is 36.3 Å². The van der Waals surface area contributed by atoms with Gasteiger partial charge in [0.1, 0.15) is 5.75 Å². The molecule has 1 heterocycles. The molecule has 2 aromatic carbocycles. The van der Waals surface area contributed by atoms with Gasteiger partial charge >= 0.3 is 0 Å². The van der Waals surface area contributed by atoms with Crippen molar-refractivity contribution in [1.82, 2.24) is 10.0 Å². The van der Waals surface area contributed by atoms with Gasteiger partial charge in [0.25, 0.3) is 0 Å². The zero-order valence-corrected chi connectivity index (χ0v) is 18.2. The number of carbonyl (C=O) groups excluding carboxylic acids is 1. The van der Waals surface area contributed by atoms with Gasteiger partial charge in [-0.05, 0) is 48.9 Å². The van der Waals surface area contributed by atoms with Crippen LogP contribution in [0.3, 0.4) is 0 Å². The third kappa shape index (κ3) is 5.35. The van der Waals surface area contributed by atoms with Crippen molar-refractivity contribution in [3.63, 3.8) is 0 Å². The van der Waals surface area contributed by atoms with E-state index in [0.717, 1.165) is 6.42 Å². The van der Waals surface area contributed by atoms with Crippen molar-refractivity contribution in [2.45, 2.75) is 30.8 Å². The van der Waals surface area contributed by atoms with Gasteiger partial charge < -0.3 is 19.5 Å². The smallest absolute Gasteiger partial charge is 0.241 e. The Balaban J connectivity index is 1.61. The normalized spacial score (nSPS) is 14.5. The highest BCUT2D eigenvalue weighted by molar-refractivity contribution is 7.89. The Kier molecular flexibility index (Phi) is 7.06. The van der Waals surface area contributed by atoms with Gasteiger partial charge in [-0.2, -0.15) is 4.72 Å². The van der Waals surface area contributed by atoms with Crippen molar-refractivity contribution in [3.05, 3.63) is 47.0 Å². The van der Waals surface area contributed by atoms with Crippen LogP contribution in [0.1, 0.15) is 18.9 Å². The molecule has 30 heavy (non-hydrogen) atoms. The summed E-state index contributed by atoms with van der Waals surface area (Å²) in [6.07, 6.45) is 0.753. The maximum absolute atomic E-state index is 12.5. The summed E-state index contributed by atoms with van der Waals surface area (Å²) < 4.78 is 43.6. The van der Waals surface area contributed by atoms with Crippen LogP contribution < -0.4 is 24.2 Å². The highest BCUT2D eigenvalue weighted by Gasteiger charge is 2.22. The molecule has 1 aliphatic rings. The molecule has 0 aliphatic carbocycles. The van der Waals surface area contributed by atoms with Crippen LogP contribution in [0.5, 0.6) is 17.2 Å². The molecule has 1 aliphatic heterocycles. The minimum Gasteiger partial charge on any atom is -0.497 e. The lowest BCUT2D eigenvalue weighted by molar-refractivity contribution is -0.122. The van der Waals surface area contributed by atoms with Crippen molar-refractivity contribution in [1.29, 1.82) is 0 Å². The summed E-state index contributed by atoms with van der Waals surface area (Å²) in [6, 6.07) is 8.34. The van der Waals surface area contributed by atoms with Crippen molar-refractivity contribution < 1.29 is 27.4 Å². The van der Waals surface area contributed by atoms with Crippen LogP contribution in [0.15, 0.2) is 41.3 Å². The second kappa shape index (κ2) is 9.55. The van der Waals surface area contributed by atoms with Crippen LogP contribution in [-0.4, -0.2) is 40.7 Å². The average molecular weight is 455 g/mol. The number of ether oxygens (including phenoxy) is 3.